The van der Waals surface area contributed by atoms with Crippen molar-refractivity contribution in [2.75, 3.05) is 5.32 Å². The number of benzene rings is 2. The van der Waals surface area contributed by atoms with Crippen LogP contribution in [0.2, 0.25) is 5.02 Å². The zero-order chi connectivity index (χ0) is 21.9. The maximum absolute atomic E-state index is 12.8. The monoisotopic (exact) mass is 438 g/mol. The van der Waals surface area contributed by atoms with E-state index in [1.54, 1.807) is 0 Å². The molecule has 0 saturated heterocycles. The van der Waals surface area contributed by atoms with E-state index in [0.29, 0.717) is 6.42 Å². The summed E-state index contributed by atoms with van der Waals surface area (Å²) in [4.78, 5) is 27.5. The van der Waals surface area contributed by atoms with Crippen LogP contribution in [0.25, 0.3) is 10.9 Å². The van der Waals surface area contributed by atoms with E-state index < -0.39 is 29.7 Å². The van der Waals surface area contributed by atoms with Crippen molar-refractivity contribution in [3.05, 3.63) is 64.8 Å². The van der Waals surface area contributed by atoms with Gasteiger partial charge in [-0.05, 0) is 43.2 Å². The molecule has 1 heterocycles. The second kappa shape index (κ2) is 8.79. The summed E-state index contributed by atoms with van der Waals surface area (Å²) in [6.45, 7) is 1.33. The largest absolute Gasteiger partial charge is 0.453 e. The third kappa shape index (κ3) is 5.13. The number of aryl methyl sites for hydroxylation is 1. The zero-order valence-electron chi connectivity index (χ0n) is 15.8. The Morgan fingerprint density at radius 2 is 1.93 bits per heavy atom. The maximum Gasteiger partial charge on any atom is 0.416 e. The van der Waals surface area contributed by atoms with Gasteiger partial charge in [0.15, 0.2) is 6.10 Å². The molecule has 5 nitrogen and oxygen atoms in total. The molecule has 3 aromatic rings. The number of fused-ring (bicyclic) bond motifs is 1. The fourth-order valence-corrected chi connectivity index (χ4v) is 3.08. The Kier molecular flexibility index (Phi) is 6.36. The molecule has 0 saturated carbocycles. The molecule has 0 bridgehead atoms. The number of carbonyl (C=O) groups is 2. The molecule has 0 aliphatic heterocycles. The van der Waals surface area contributed by atoms with Gasteiger partial charge in [-0.25, -0.2) is 0 Å². The number of esters is 1. The number of para-hydroxylation sites is 1. The molecule has 9 heteroatoms. The summed E-state index contributed by atoms with van der Waals surface area (Å²) in [5.41, 5.74) is 0.728. The quantitative estimate of drug-likeness (QED) is 0.510. The van der Waals surface area contributed by atoms with Crippen LogP contribution in [0.3, 0.4) is 0 Å². The van der Waals surface area contributed by atoms with Gasteiger partial charge in [-0.15, -0.1) is 0 Å². The Morgan fingerprint density at radius 1 is 1.20 bits per heavy atom. The number of aromatic nitrogens is 1. The Balaban J connectivity index is 1.57. The first kappa shape index (κ1) is 21.7. The van der Waals surface area contributed by atoms with Gasteiger partial charge in [0.2, 0.25) is 0 Å². The van der Waals surface area contributed by atoms with Gasteiger partial charge in [0.05, 0.1) is 16.3 Å². The van der Waals surface area contributed by atoms with Crippen LogP contribution in [0.1, 0.15) is 24.5 Å². The average Bonchev–Trinajstić information content (AvgIpc) is 3.10. The van der Waals surface area contributed by atoms with E-state index in [4.69, 9.17) is 16.3 Å². The van der Waals surface area contributed by atoms with Crippen molar-refractivity contribution in [2.24, 2.45) is 0 Å². The van der Waals surface area contributed by atoms with Crippen LogP contribution in [0.15, 0.2) is 48.7 Å². The summed E-state index contributed by atoms with van der Waals surface area (Å²) in [5, 5.41) is 3.20. The highest BCUT2D eigenvalue weighted by Crippen LogP contribution is 2.33. The second-order valence-electron chi connectivity index (χ2n) is 6.67. The third-order valence-corrected chi connectivity index (χ3v) is 4.83. The van der Waals surface area contributed by atoms with Gasteiger partial charge in [-0.2, -0.15) is 13.2 Å². The molecule has 0 radical (unpaired) electrons. The molecule has 0 aliphatic carbocycles. The number of halogens is 4. The molecule has 0 aliphatic rings. The summed E-state index contributed by atoms with van der Waals surface area (Å²) in [6, 6.07) is 10.2. The number of ether oxygens (including phenoxy) is 1. The second-order valence-corrected chi connectivity index (χ2v) is 7.08. The van der Waals surface area contributed by atoms with E-state index in [0.717, 1.165) is 34.7 Å². The molecular formula is C21H18ClF3N2O3. The fourth-order valence-electron chi connectivity index (χ4n) is 2.92. The standard InChI is InChI=1S/C21H18ClF3N2O3/c1-12(20(29)27-18-10-14(21(23,24)25)7-8-16(18)22)30-19(28)9-6-13-11-26-17-5-3-2-4-15(13)17/h2-5,7-8,10-12,26H,6,9H2,1H3,(H,27,29)/t12-/m1/s1. The van der Waals surface area contributed by atoms with E-state index in [1.165, 1.54) is 6.92 Å². The van der Waals surface area contributed by atoms with E-state index in [2.05, 4.69) is 10.3 Å². The molecule has 0 spiro atoms. The van der Waals surface area contributed by atoms with Crippen molar-refractivity contribution in [3.63, 3.8) is 0 Å². The lowest BCUT2D eigenvalue weighted by Crippen LogP contribution is -2.30. The first-order valence-corrected chi connectivity index (χ1v) is 9.45. The van der Waals surface area contributed by atoms with Crippen LogP contribution >= 0.6 is 11.6 Å². The van der Waals surface area contributed by atoms with Gasteiger partial charge in [0.25, 0.3) is 5.91 Å². The number of aromatic amines is 1. The number of amides is 1. The predicted octanol–water partition coefficient (Wildman–Crippen LogP) is 5.34. The van der Waals surface area contributed by atoms with Crippen molar-refractivity contribution in [1.82, 2.24) is 4.98 Å². The molecule has 2 aromatic carbocycles. The summed E-state index contributed by atoms with van der Waals surface area (Å²) in [6.07, 6.45) is -3.51. The number of nitrogens with one attached hydrogen (secondary N) is 2. The molecule has 2 N–H and O–H groups in total. The van der Waals surface area contributed by atoms with Crippen LogP contribution in [0.4, 0.5) is 18.9 Å². The maximum atomic E-state index is 12.8. The minimum absolute atomic E-state index is 0.0454. The Morgan fingerprint density at radius 3 is 2.67 bits per heavy atom. The van der Waals surface area contributed by atoms with Crippen molar-refractivity contribution < 1.29 is 27.5 Å². The molecule has 0 unspecified atom stereocenters. The number of H-pyrrole nitrogens is 1. The zero-order valence-corrected chi connectivity index (χ0v) is 16.6. The number of hydrogen-bond donors (Lipinski definition) is 2. The fraction of sp³-hybridized carbons (Fsp3) is 0.238. The molecule has 1 atom stereocenters. The number of rotatable bonds is 6. The smallest absolute Gasteiger partial charge is 0.416 e. The van der Waals surface area contributed by atoms with Crippen LogP contribution in [-0.2, 0) is 26.9 Å². The van der Waals surface area contributed by atoms with Crippen molar-refractivity contribution in [3.8, 4) is 0 Å². The molecule has 158 valence electrons. The predicted molar refractivity (Wildman–Crippen MR) is 107 cm³/mol. The number of alkyl halides is 3. The first-order valence-electron chi connectivity index (χ1n) is 9.07. The Labute approximate surface area is 175 Å². The van der Waals surface area contributed by atoms with Crippen LogP contribution in [-0.4, -0.2) is 23.0 Å². The van der Waals surface area contributed by atoms with Gasteiger partial charge >= 0.3 is 12.1 Å². The lowest BCUT2D eigenvalue weighted by molar-refractivity contribution is -0.153. The molecular weight excluding hydrogens is 421 g/mol. The summed E-state index contributed by atoms with van der Waals surface area (Å²) < 4.78 is 43.6. The van der Waals surface area contributed by atoms with E-state index in [-0.39, 0.29) is 17.1 Å². The highest BCUT2D eigenvalue weighted by Gasteiger charge is 2.31. The molecule has 0 fully saturated rings. The minimum atomic E-state index is -4.58. The average molecular weight is 439 g/mol. The number of anilines is 1. The molecule has 1 amide bonds. The van der Waals surface area contributed by atoms with Gasteiger partial charge in [0, 0.05) is 23.5 Å². The van der Waals surface area contributed by atoms with Crippen molar-refractivity contribution in [1.29, 1.82) is 0 Å². The number of carbonyl (C=O) groups excluding carboxylic acids is 2. The Hall–Kier alpha value is -3.00. The van der Waals surface area contributed by atoms with Crippen LogP contribution < -0.4 is 5.32 Å². The summed E-state index contributed by atoms with van der Waals surface area (Å²) in [7, 11) is 0. The highest BCUT2D eigenvalue weighted by molar-refractivity contribution is 6.33. The molecule has 30 heavy (non-hydrogen) atoms. The number of hydrogen-bond acceptors (Lipinski definition) is 3. The van der Waals surface area contributed by atoms with Gasteiger partial charge in [0.1, 0.15) is 0 Å². The summed E-state index contributed by atoms with van der Waals surface area (Å²) >= 11 is 5.86. The van der Waals surface area contributed by atoms with Crippen LogP contribution in [0.5, 0.6) is 0 Å². The Bertz CT molecular complexity index is 1080. The van der Waals surface area contributed by atoms with Gasteiger partial charge in [-0.1, -0.05) is 29.8 Å². The topological polar surface area (TPSA) is 71.2 Å². The van der Waals surface area contributed by atoms with Gasteiger partial charge in [-0.3, -0.25) is 9.59 Å². The SMILES string of the molecule is C[C@@H](OC(=O)CCc1c[nH]c2ccccc12)C(=O)Nc1cc(C(F)(F)F)ccc1Cl. The van der Waals surface area contributed by atoms with Crippen molar-refractivity contribution >= 4 is 40.1 Å². The third-order valence-electron chi connectivity index (χ3n) is 4.50. The normalized spacial score (nSPS) is 12.6. The minimum Gasteiger partial charge on any atom is -0.453 e. The summed E-state index contributed by atoms with van der Waals surface area (Å²) in [5.74, 6) is -1.38. The molecule has 1 aromatic heterocycles. The van der Waals surface area contributed by atoms with Gasteiger partial charge < -0.3 is 15.0 Å². The van der Waals surface area contributed by atoms with Crippen molar-refractivity contribution in [2.45, 2.75) is 32.0 Å². The van der Waals surface area contributed by atoms with Crippen LogP contribution in [0, 0.1) is 0 Å². The highest BCUT2D eigenvalue weighted by atomic mass is 35.5. The lowest BCUT2D eigenvalue weighted by Gasteiger charge is -2.15. The first-order chi connectivity index (χ1) is 14.1. The van der Waals surface area contributed by atoms with E-state index >= 15 is 0 Å². The lowest BCUT2D eigenvalue weighted by atomic mass is 10.1. The van der Waals surface area contributed by atoms with E-state index in [9.17, 15) is 22.8 Å². The van der Waals surface area contributed by atoms with E-state index in [1.807, 2.05) is 30.5 Å². The molecule has 3 rings (SSSR count).